The number of benzene rings is 1. The Morgan fingerprint density at radius 3 is 2.48 bits per heavy atom. The zero-order chi connectivity index (χ0) is 20.8. The zero-order valence-electron chi connectivity index (χ0n) is 15.3. The molecule has 11 heteroatoms. The van der Waals surface area contributed by atoms with Crippen LogP contribution < -0.4 is 4.74 Å². The van der Waals surface area contributed by atoms with Crippen LogP contribution in [0.3, 0.4) is 0 Å². The highest BCUT2D eigenvalue weighted by molar-refractivity contribution is 6.28. The Bertz CT molecular complexity index is 1180. The maximum absolute atomic E-state index is 12.9. The van der Waals surface area contributed by atoms with E-state index in [1.807, 2.05) is 0 Å². The van der Waals surface area contributed by atoms with Gasteiger partial charge in [0.2, 0.25) is 11.2 Å². The molecule has 4 aromatic rings. The average Bonchev–Trinajstić information content (AvgIpc) is 3.25. The van der Waals surface area contributed by atoms with Gasteiger partial charge in [0.25, 0.3) is 0 Å². The molecule has 0 radical (unpaired) electrons. The molecule has 0 aliphatic heterocycles. The molecule has 0 amide bonds. The number of halogens is 4. The molecule has 7 nitrogen and oxygen atoms in total. The Balaban J connectivity index is 1.62. The van der Waals surface area contributed by atoms with E-state index in [0.29, 0.717) is 34.8 Å². The molecule has 3 aromatic heterocycles. The average molecular weight is 423 g/mol. The SMILES string of the molecule is COc1nc(Cl)nc2c1cnn2Cc1ccc(-n2nc(C(F)(F)F)cc2C)cc1. The van der Waals surface area contributed by atoms with Gasteiger partial charge >= 0.3 is 6.18 Å². The summed E-state index contributed by atoms with van der Waals surface area (Å²) in [6.07, 6.45) is -2.90. The Morgan fingerprint density at radius 1 is 1.14 bits per heavy atom. The van der Waals surface area contributed by atoms with E-state index >= 15 is 0 Å². The lowest BCUT2D eigenvalue weighted by molar-refractivity contribution is -0.141. The molecule has 4 rings (SSSR count). The molecule has 0 aliphatic rings. The van der Waals surface area contributed by atoms with E-state index < -0.39 is 11.9 Å². The lowest BCUT2D eigenvalue weighted by Gasteiger charge is -2.08. The number of methoxy groups -OCH3 is 1. The van der Waals surface area contributed by atoms with Crippen LogP contribution in [0.1, 0.15) is 17.0 Å². The van der Waals surface area contributed by atoms with E-state index in [1.165, 1.54) is 11.8 Å². The van der Waals surface area contributed by atoms with Crippen molar-refractivity contribution in [2.24, 2.45) is 0 Å². The minimum Gasteiger partial charge on any atom is -0.480 e. The third kappa shape index (κ3) is 3.63. The number of fused-ring (bicyclic) bond motifs is 1. The van der Waals surface area contributed by atoms with E-state index in [2.05, 4.69) is 20.2 Å². The number of aryl methyl sites for hydroxylation is 1. The van der Waals surface area contributed by atoms with Crippen LogP contribution in [0.15, 0.2) is 36.5 Å². The number of aromatic nitrogens is 6. The lowest BCUT2D eigenvalue weighted by Crippen LogP contribution is -2.07. The smallest absolute Gasteiger partial charge is 0.435 e. The van der Waals surface area contributed by atoms with Crippen molar-refractivity contribution in [1.82, 2.24) is 29.5 Å². The van der Waals surface area contributed by atoms with Crippen LogP contribution in [0.5, 0.6) is 5.88 Å². The van der Waals surface area contributed by atoms with Gasteiger partial charge in [0.1, 0.15) is 5.39 Å². The summed E-state index contributed by atoms with van der Waals surface area (Å²) in [5, 5.41) is 8.62. The highest BCUT2D eigenvalue weighted by atomic mass is 35.5. The molecule has 0 bridgehead atoms. The quantitative estimate of drug-likeness (QED) is 0.464. The topological polar surface area (TPSA) is 70.7 Å². The van der Waals surface area contributed by atoms with Gasteiger partial charge in [-0.25, -0.2) is 9.36 Å². The fraction of sp³-hybridized carbons (Fsp3) is 0.222. The van der Waals surface area contributed by atoms with Crippen molar-refractivity contribution in [2.45, 2.75) is 19.6 Å². The van der Waals surface area contributed by atoms with Crippen molar-refractivity contribution in [1.29, 1.82) is 0 Å². The molecule has 0 unspecified atom stereocenters. The first kappa shape index (κ1) is 19.2. The summed E-state index contributed by atoms with van der Waals surface area (Å²) >= 11 is 5.94. The van der Waals surface area contributed by atoms with Crippen LogP contribution in [0.4, 0.5) is 13.2 Å². The molecule has 1 aromatic carbocycles. The second kappa shape index (κ2) is 7.03. The van der Waals surface area contributed by atoms with Crippen molar-refractivity contribution in [2.75, 3.05) is 7.11 Å². The van der Waals surface area contributed by atoms with Crippen LogP contribution >= 0.6 is 11.6 Å². The fourth-order valence-electron chi connectivity index (χ4n) is 2.97. The molecule has 0 N–H and O–H groups in total. The number of ether oxygens (including phenoxy) is 1. The van der Waals surface area contributed by atoms with Gasteiger partial charge < -0.3 is 4.74 Å². The maximum Gasteiger partial charge on any atom is 0.435 e. The van der Waals surface area contributed by atoms with Gasteiger partial charge in [-0.2, -0.15) is 33.3 Å². The van der Waals surface area contributed by atoms with Gasteiger partial charge in [0, 0.05) is 5.69 Å². The Kier molecular flexibility index (Phi) is 4.65. The van der Waals surface area contributed by atoms with Crippen molar-refractivity contribution >= 4 is 22.6 Å². The fourth-order valence-corrected chi connectivity index (χ4v) is 3.12. The molecule has 0 saturated carbocycles. The predicted octanol–water partition coefficient (Wildman–Crippen LogP) is 4.05. The lowest BCUT2D eigenvalue weighted by atomic mass is 10.2. The molecule has 29 heavy (non-hydrogen) atoms. The predicted molar refractivity (Wildman–Crippen MR) is 99.3 cm³/mol. The Morgan fingerprint density at radius 2 is 1.86 bits per heavy atom. The number of alkyl halides is 3. The molecule has 3 heterocycles. The van der Waals surface area contributed by atoms with Crippen LogP contribution in [-0.2, 0) is 12.7 Å². The summed E-state index contributed by atoms with van der Waals surface area (Å²) in [6, 6.07) is 7.99. The number of rotatable bonds is 4. The van der Waals surface area contributed by atoms with E-state index in [9.17, 15) is 13.2 Å². The molecular weight excluding hydrogens is 409 g/mol. The van der Waals surface area contributed by atoms with E-state index in [-0.39, 0.29) is 5.28 Å². The normalized spacial score (nSPS) is 11.9. The summed E-state index contributed by atoms with van der Waals surface area (Å²) in [7, 11) is 1.48. The monoisotopic (exact) mass is 422 g/mol. The summed E-state index contributed by atoms with van der Waals surface area (Å²) in [5.74, 6) is 0.330. The number of hydrogen-bond acceptors (Lipinski definition) is 5. The van der Waals surface area contributed by atoms with Gasteiger partial charge in [0.15, 0.2) is 11.3 Å². The van der Waals surface area contributed by atoms with Crippen molar-refractivity contribution < 1.29 is 17.9 Å². The summed E-state index contributed by atoms with van der Waals surface area (Å²) < 4.78 is 46.7. The molecule has 150 valence electrons. The van der Waals surface area contributed by atoms with Crippen LogP contribution in [0.25, 0.3) is 16.7 Å². The Hall–Kier alpha value is -3.14. The molecule has 0 atom stereocenters. The molecule has 0 spiro atoms. The largest absolute Gasteiger partial charge is 0.480 e. The first-order chi connectivity index (χ1) is 13.8. The number of nitrogens with zero attached hydrogens (tertiary/aromatic N) is 6. The summed E-state index contributed by atoms with van der Waals surface area (Å²) in [6.45, 7) is 1.95. The first-order valence-electron chi connectivity index (χ1n) is 8.42. The van der Waals surface area contributed by atoms with Crippen molar-refractivity contribution in [3.8, 4) is 11.6 Å². The van der Waals surface area contributed by atoms with E-state index in [1.54, 1.807) is 42.1 Å². The van der Waals surface area contributed by atoms with Crippen molar-refractivity contribution in [3.05, 3.63) is 58.8 Å². The van der Waals surface area contributed by atoms with Gasteiger partial charge in [-0.15, -0.1) is 0 Å². The molecule has 0 fully saturated rings. The first-order valence-corrected chi connectivity index (χ1v) is 8.80. The van der Waals surface area contributed by atoms with Gasteiger partial charge in [0.05, 0.1) is 25.5 Å². The minimum atomic E-state index is -4.48. The van der Waals surface area contributed by atoms with Crippen LogP contribution in [-0.4, -0.2) is 36.6 Å². The maximum atomic E-state index is 12.9. The third-order valence-corrected chi connectivity index (χ3v) is 4.49. The number of hydrogen-bond donors (Lipinski definition) is 0. The van der Waals surface area contributed by atoms with Crippen LogP contribution in [0, 0.1) is 6.92 Å². The summed E-state index contributed by atoms with van der Waals surface area (Å²) in [4.78, 5) is 8.20. The van der Waals surface area contributed by atoms with E-state index in [0.717, 1.165) is 11.6 Å². The molecular formula is C18H14ClF3N6O. The highest BCUT2D eigenvalue weighted by Crippen LogP contribution is 2.29. The molecule has 0 aliphatic carbocycles. The summed E-state index contributed by atoms with van der Waals surface area (Å²) in [5.41, 5.74) is 1.38. The Labute approximate surface area is 167 Å². The van der Waals surface area contributed by atoms with Crippen molar-refractivity contribution in [3.63, 3.8) is 0 Å². The molecule has 0 saturated heterocycles. The zero-order valence-corrected chi connectivity index (χ0v) is 16.0. The van der Waals surface area contributed by atoms with Gasteiger partial charge in [-0.05, 0) is 42.3 Å². The van der Waals surface area contributed by atoms with E-state index in [4.69, 9.17) is 16.3 Å². The van der Waals surface area contributed by atoms with Crippen LogP contribution in [0.2, 0.25) is 5.28 Å². The standard InChI is InChI=1S/C18H14ClF3N6O/c1-10-7-14(18(20,21)22)26-28(10)12-5-3-11(4-6-12)9-27-15-13(8-23-27)16(29-2)25-17(19)24-15/h3-8H,9H2,1-2H3. The second-order valence-electron chi connectivity index (χ2n) is 6.29. The van der Waals surface area contributed by atoms with Gasteiger partial charge in [-0.1, -0.05) is 12.1 Å². The minimum absolute atomic E-state index is 0.0427. The second-order valence-corrected chi connectivity index (χ2v) is 6.63. The van der Waals surface area contributed by atoms with Gasteiger partial charge in [-0.3, -0.25) is 0 Å². The highest BCUT2D eigenvalue weighted by Gasteiger charge is 2.34. The third-order valence-electron chi connectivity index (χ3n) is 4.32.